The molecule has 4 rings (SSSR count). The van der Waals surface area contributed by atoms with Crippen LogP contribution in [0.2, 0.25) is 0 Å². The van der Waals surface area contributed by atoms with Crippen molar-refractivity contribution in [3.63, 3.8) is 0 Å². The predicted octanol–water partition coefficient (Wildman–Crippen LogP) is 2.51. The molecule has 0 aromatic carbocycles. The van der Waals surface area contributed by atoms with Gasteiger partial charge in [-0.05, 0) is 42.5 Å². The summed E-state index contributed by atoms with van der Waals surface area (Å²) in [5, 5.41) is 0. The van der Waals surface area contributed by atoms with E-state index in [0.29, 0.717) is 38.0 Å². The van der Waals surface area contributed by atoms with Crippen LogP contribution in [-0.4, -0.2) is 47.7 Å². The molecule has 0 spiro atoms. The SMILES string of the molecule is O=C(c1ccco1)N1CCO[C@@H]2C[C@H](COCc3cccnc3)C[C@H]21. The summed E-state index contributed by atoms with van der Waals surface area (Å²) in [5.74, 6) is 0.758. The van der Waals surface area contributed by atoms with E-state index in [2.05, 4.69) is 4.98 Å². The Morgan fingerprint density at radius 2 is 2.28 bits per heavy atom. The van der Waals surface area contributed by atoms with Crippen LogP contribution in [0, 0.1) is 5.92 Å². The summed E-state index contributed by atoms with van der Waals surface area (Å²) in [6.07, 6.45) is 7.05. The van der Waals surface area contributed by atoms with Crippen LogP contribution in [0.4, 0.5) is 0 Å². The zero-order chi connectivity index (χ0) is 17.1. The van der Waals surface area contributed by atoms with Gasteiger partial charge < -0.3 is 18.8 Å². The van der Waals surface area contributed by atoms with Crippen LogP contribution in [0.3, 0.4) is 0 Å². The van der Waals surface area contributed by atoms with E-state index < -0.39 is 0 Å². The van der Waals surface area contributed by atoms with Crippen molar-refractivity contribution >= 4 is 5.91 Å². The Balaban J connectivity index is 1.33. The lowest BCUT2D eigenvalue weighted by Gasteiger charge is -2.37. The first kappa shape index (κ1) is 16.3. The van der Waals surface area contributed by atoms with Crippen molar-refractivity contribution in [1.29, 1.82) is 0 Å². The van der Waals surface area contributed by atoms with E-state index >= 15 is 0 Å². The molecule has 2 aromatic heterocycles. The van der Waals surface area contributed by atoms with Crippen LogP contribution in [0.1, 0.15) is 29.0 Å². The van der Waals surface area contributed by atoms with Gasteiger partial charge >= 0.3 is 0 Å². The fourth-order valence-electron chi connectivity index (χ4n) is 3.81. The molecule has 6 nitrogen and oxygen atoms in total. The second kappa shape index (κ2) is 7.37. The fraction of sp³-hybridized carbons (Fsp3) is 0.474. The van der Waals surface area contributed by atoms with Crippen LogP contribution in [0.15, 0.2) is 47.3 Å². The molecule has 0 N–H and O–H groups in total. The molecule has 2 aliphatic rings. The van der Waals surface area contributed by atoms with Crippen LogP contribution < -0.4 is 0 Å². The Labute approximate surface area is 146 Å². The number of hydrogen-bond donors (Lipinski definition) is 0. The number of carbonyl (C=O) groups excluding carboxylic acids is 1. The first-order valence-electron chi connectivity index (χ1n) is 8.74. The third-order valence-electron chi connectivity index (χ3n) is 4.97. The summed E-state index contributed by atoms with van der Waals surface area (Å²) in [6, 6.07) is 7.49. The zero-order valence-corrected chi connectivity index (χ0v) is 14.0. The van der Waals surface area contributed by atoms with Crippen molar-refractivity contribution < 1.29 is 18.7 Å². The fourth-order valence-corrected chi connectivity index (χ4v) is 3.81. The molecular formula is C19H22N2O4. The Kier molecular flexibility index (Phi) is 4.81. The van der Waals surface area contributed by atoms with E-state index in [1.807, 2.05) is 23.2 Å². The summed E-state index contributed by atoms with van der Waals surface area (Å²) in [4.78, 5) is 18.7. The monoisotopic (exact) mass is 342 g/mol. The second-order valence-corrected chi connectivity index (χ2v) is 6.67. The van der Waals surface area contributed by atoms with E-state index in [9.17, 15) is 4.79 Å². The van der Waals surface area contributed by atoms with Gasteiger partial charge in [-0.3, -0.25) is 9.78 Å². The maximum absolute atomic E-state index is 12.6. The average Bonchev–Trinajstić information content (AvgIpc) is 3.31. The lowest BCUT2D eigenvalue weighted by Crippen LogP contribution is -2.51. The smallest absolute Gasteiger partial charge is 0.289 e. The summed E-state index contributed by atoms with van der Waals surface area (Å²) >= 11 is 0. The number of fused-ring (bicyclic) bond motifs is 1. The van der Waals surface area contributed by atoms with Gasteiger partial charge in [0.25, 0.3) is 5.91 Å². The molecule has 1 saturated carbocycles. The average molecular weight is 342 g/mol. The Morgan fingerprint density at radius 1 is 1.32 bits per heavy atom. The van der Waals surface area contributed by atoms with Gasteiger partial charge in [0.05, 0.1) is 38.2 Å². The van der Waals surface area contributed by atoms with Gasteiger partial charge in [-0.2, -0.15) is 0 Å². The highest BCUT2D eigenvalue weighted by molar-refractivity contribution is 5.91. The minimum Gasteiger partial charge on any atom is -0.459 e. The van der Waals surface area contributed by atoms with Crippen LogP contribution in [-0.2, 0) is 16.1 Å². The largest absolute Gasteiger partial charge is 0.459 e. The number of nitrogens with zero attached hydrogens (tertiary/aromatic N) is 2. The van der Waals surface area contributed by atoms with Crippen molar-refractivity contribution in [3.05, 3.63) is 54.2 Å². The van der Waals surface area contributed by atoms with Gasteiger partial charge in [0.1, 0.15) is 0 Å². The van der Waals surface area contributed by atoms with Crippen molar-refractivity contribution in [2.75, 3.05) is 19.8 Å². The second-order valence-electron chi connectivity index (χ2n) is 6.67. The van der Waals surface area contributed by atoms with Crippen molar-refractivity contribution in [3.8, 4) is 0 Å². The molecule has 0 bridgehead atoms. The van der Waals surface area contributed by atoms with E-state index in [-0.39, 0.29) is 18.1 Å². The van der Waals surface area contributed by atoms with Crippen LogP contribution in [0.5, 0.6) is 0 Å². The number of hydrogen-bond acceptors (Lipinski definition) is 5. The minimum absolute atomic E-state index is 0.0415. The molecule has 1 aliphatic heterocycles. The van der Waals surface area contributed by atoms with E-state index in [1.54, 1.807) is 18.3 Å². The van der Waals surface area contributed by atoms with Gasteiger partial charge in [0, 0.05) is 18.9 Å². The van der Waals surface area contributed by atoms with Gasteiger partial charge in [0.15, 0.2) is 5.76 Å². The molecule has 25 heavy (non-hydrogen) atoms. The maximum atomic E-state index is 12.6. The number of aromatic nitrogens is 1. The molecule has 0 radical (unpaired) electrons. The summed E-state index contributed by atoms with van der Waals surface area (Å²) < 4.78 is 17.0. The van der Waals surface area contributed by atoms with Gasteiger partial charge in [-0.1, -0.05) is 6.07 Å². The molecule has 3 heterocycles. The Hall–Kier alpha value is -2.18. The van der Waals surface area contributed by atoms with Crippen molar-refractivity contribution in [2.24, 2.45) is 5.92 Å². The summed E-state index contributed by atoms with van der Waals surface area (Å²) in [6.45, 7) is 2.43. The highest BCUT2D eigenvalue weighted by atomic mass is 16.5. The predicted molar refractivity (Wildman–Crippen MR) is 89.9 cm³/mol. The summed E-state index contributed by atoms with van der Waals surface area (Å²) in [7, 11) is 0. The molecule has 6 heteroatoms. The maximum Gasteiger partial charge on any atom is 0.289 e. The highest BCUT2D eigenvalue weighted by Crippen LogP contribution is 2.35. The van der Waals surface area contributed by atoms with Crippen molar-refractivity contribution in [2.45, 2.75) is 31.6 Å². The third-order valence-corrected chi connectivity index (χ3v) is 4.97. The normalized spacial score (nSPS) is 25.8. The van der Waals surface area contributed by atoms with E-state index in [1.165, 1.54) is 6.26 Å². The molecular weight excluding hydrogens is 320 g/mol. The quantitative estimate of drug-likeness (QED) is 0.835. The van der Waals surface area contributed by atoms with Crippen LogP contribution in [0.25, 0.3) is 0 Å². The number of ether oxygens (including phenoxy) is 2. The number of amides is 1. The molecule has 1 aliphatic carbocycles. The van der Waals surface area contributed by atoms with Gasteiger partial charge in [-0.15, -0.1) is 0 Å². The topological polar surface area (TPSA) is 64.8 Å². The number of pyridine rings is 1. The number of carbonyl (C=O) groups is 1. The first-order chi connectivity index (χ1) is 12.3. The minimum atomic E-state index is -0.0415. The van der Waals surface area contributed by atoms with Crippen LogP contribution >= 0.6 is 0 Å². The lowest BCUT2D eigenvalue weighted by atomic mass is 10.1. The standard InChI is InChI=1S/C19H22N2O4/c22-19(17-4-2-7-24-17)21-6-8-25-18-10-15(9-16(18)21)13-23-12-14-3-1-5-20-11-14/h1-5,7,11,15-16,18H,6,8-10,12-13H2/t15-,16-,18-/m1/s1. The Morgan fingerprint density at radius 3 is 3.08 bits per heavy atom. The molecule has 2 fully saturated rings. The van der Waals surface area contributed by atoms with Crippen molar-refractivity contribution in [1.82, 2.24) is 9.88 Å². The van der Waals surface area contributed by atoms with Gasteiger partial charge in [0.2, 0.25) is 0 Å². The first-order valence-corrected chi connectivity index (χ1v) is 8.74. The number of furan rings is 1. The number of rotatable bonds is 5. The number of morpholine rings is 1. The lowest BCUT2D eigenvalue weighted by molar-refractivity contribution is -0.0459. The molecule has 2 aromatic rings. The molecule has 3 atom stereocenters. The summed E-state index contributed by atoms with van der Waals surface area (Å²) in [5.41, 5.74) is 1.07. The third kappa shape index (κ3) is 3.60. The van der Waals surface area contributed by atoms with Gasteiger partial charge in [-0.25, -0.2) is 0 Å². The zero-order valence-electron chi connectivity index (χ0n) is 14.0. The van der Waals surface area contributed by atoms with E-state index in [0.717, 1.165) is 18.4 Å². The molecule has 0 unspecified atom stereocenters. The highest BCUT2D eigenvalue weighted by Gasteiger charge is 2.43. The molecule has 132 valence electrons. The van der Waals surface area contributed by atoms with E-state index in [4.69, 9.17) is 13.9 Å². The molecule has 1 saturated heterocycles. The molecule has 1 amide bonds. The Bertz CT molecular complexity index is 689.